The number of H-pyrrole nitrogens is 1. The van der Waals surface area contributed by atoms with E-state index < -0.39 is 11.5 Å². The Kier molecular flexibility index (Phi) is 4.89. The number of halogens is 3. The van der Waals surface area contributed by atoms with E-state index in [9.17, 15) is 9.59 Å². The minimum Gasteiger partial charge on any atom is -0.451 e. The van der Waals surface area contributed by atoms with Crippen molar-refractivity contribution in [3.63, 3.8) is 0 Å². The van der Waals surface area contributed by atoms with Crippen molar-refractivity contribution in [2.24, 2.45) is 0 Å². The molecular formula is C19H9Cl3N2O3S. The van der Waals surface area contributed by atoms with Crippen LogP contribution in [0.5, 0.6) is 0 Å². The van der Waals surface area contributed by atoms with Gasteiger partial charge in [-0.1, -0.05) is 34.8 Å². The smallest absolute Gasteiger partial charge is 0.302 e. The number of carbonyl (C=O) groups is 1. The molecule has 4 aromatic rings. The van der Waals surface area contributed by atoms with Crippen LogP contribution in [0.25, 0.3) is 22.2 Å². The lowest BCUT2D eigenvalue weighted by Gasteiger charge is -2.07. The lowest BCUT2D eigenvalue weighted by Crippen LogP contribution is -2.28. The van der Waals surface area contributed by atoms with Gasteiger partial charge in [0, 0.05) is 15.6 Å². The summed E-state index contributed by atoms with van der Waals surface area (Å²) in [7, 11) is 0. The van der Waals surface area contributed by atoms with Crippen LogP contribution in [-0.4, -0.2) is 15.5 Å². The highest BCUT2D eigenvalue weighted by Crippen LogP contribution is 2.26. The molecule has 2 aromatic heterocycles. The maximum atomic E-state index is 12.9. The van der Waals surface area contributed by atoms with Crippen molar-refractivity contribution in [2.45, 2.75) is 0 Å². The van der Waals surface area contributed by atoms with Gasteiger partial charge in [-0.05, 0) is 60.7 Å². The van der Waals surface area contributed by atoms with Gasteiger partial charge in [0.2, 0.25) is 0 Å². The van der Waals surface area contributed by atoms with Gasteiger partial charge in [0.1, 0.15) is 5.76 Å². The normalized spacial score (nSPS) is 11.1. The highest BCUT2D eigenvalue weighted by molar-refractivity contribution is 7.71. The SMILES string of the molecule is O=C(c1ccc(-c2ccc(Cl)cc2)o1)n1c(=S)[nH]c2c(Cl)cc(Cl)cc2c1=O. The number of nitrogens with one attached hydrogen (secondary N) is 1. The van der Waals surface area contributed by atoms with E-state index in [0.29, 0.717) is 16.3 Å². The summed E-state index contributed by atoms with van der Waals surface area (Å²) in [6.45, 7) is 0. The molecule has 0 spiro atoms. The van der Waals surface area contributed by atoms with E-state index in [4.69, 9.17) is 51.4 Å². The standard InChI is InChI=1S/C19H9Cl3N2O3S/c20-10-3-1-9(2-4-10)14-5-6-15(27-14)18(26)24-17(25)12-7-11(21)8-13(22)16(12)23-19(24)28/h1-8H,(H,23,28). The van der Waals surface area contributed by atoms with Gasteiger partial charge in [0.15, 0.2) is 10.5 Å². The average Bonchev–Trinajstić information content (AvgIpc) is 3.13. The van der Waals surface area contributed by atoms with E-state index in [1.807, 2.05) is 0 Å². The summed E-state index contributed by atoms with van der Waals surface area (Å²) < 4.78 is 6.34. The summed E-state index contributed by atoms with van der Waals surface area (Å²) in [6.07, 6.45) is 0. The summed E-state index contributed by atoms with van der Waals surface area (Å²) in [5.41, 5.74) is 0.405. The third-order valence-corrected chi connectivity index (χ3v) is 5.13. The van der Waals surface area contributed by atoms with Crippen molar-refractivity contribution < 1.29 is 9.21 Å². The Labute approximate surface area is 178 Å². The lowest BCUT2D eigenvalue weighted by atomic mass is 10.2. The molecule has 0 aliphatic heterocycles. The Morgan fingerprint density at radius 3 is 2.43 bits per heavy atom. The highest BCUT2D eigenvalue weighted by Gasteiger charge is 2.19. The number of hydrogen-bond donors (Lipinski definition) is 1. The fourth-order valence-electron chi connectivity index (χ4n) is 2.76. The second-order valence-corrected chi connectivity index (χ2v) is 7.52. The largest absolute Gasteiger partial charge is 0.451 e. The van der Waals surface area contributed by atoms with Gasteiger partial charge in [-0.3, -0.25) is 9.59 Å². The van der Waals surface area contributed by atoms with Crippen LogP contribution in [0.1, 0.15) is 10.6 Å². The predicted molar refractivity (Wildman–Crippen MR) is 112 cm³/mol. The summed E-state index contributed by atoms with van der Waals surface area (Å²) in [4.78, 5) is 28.6. The molecule has 0 unspecified atom stereocenters. The topological polar surface area (TPSA) is 68.0 Å². The zero-order valence-electron chi connectivity index (χ0n) is 13.8. The molecule has 1 N–H and O–H groups in total. The summed E-state index contributed by atoms with van der Waals surface area (Å²) in [5.74, 6) is -0.293. The van der Waals surface area contributed by atoms with E-state index in [-0.39, 0.29) is 26.0 Å². The minimum atomic E-state index is -0.704. The fourth-order valence-corrected chi connectivity index (χ4v) is 3.70. The van der Waals surface area contributed by atoms with Crippen LogP contribution in [0.4, 0.5) is 0 Å². The van der Waals surface area contributed by atoms with Gasteiger partial charge in [0.25, 0.3) is 5.56 Å². The number of nitrogens with zero attached hydrogens (tertiary/aromatic N) is 1. The van der Waals surface area contributed by atoms with E-state index >= 15 is 0 Å². The molecule has 28 heavy (non-hydrogen) atoms. The molecule has 0 aliphatic carbocycles. The first-order valence-electron chi connectivity index (χ1n) is 7.90. The van der Waals surface area contributed by atoms with Crippen LogP contribution in [0.3, 0.4) is 0 Å². The zero-order chi connectivity index (χ0) is 20.0. The van der Waals surface area contributed by atoms with Crippen LogP contribution >= 0.6 is 47.0 Å². The minimum absolute atomic E-state index is 0.0426. The van der Waals surface area contributed by atoms with Crippen molar-refractivity contribution in [3.05, 3.63) is 84.5 Å². The number of furan rings is 1. The van der Waals surface area contributed by atoms with Crippen molar-refractivity contribution in [3.8, 4) is 11.3 Å². The second kappa shape index (κ2) is 7.22. The Balaban J connectivity index is 1.83. The van der Waals surface area contributed by atoms with Crippen molar-refractivity contribution in [1.82, 2.24) is 9.55 Å². The number of hydrogen-bond acceptors (Lipinski definition) is 4. The molecule has 0 aliphatic rings. The van der Waals surface area contributed by atoms with E-state index in [2.05, 4.69) is 4.98 Å². The molecule has 0 fully saturated rings. The number of aromatic nitrogens is 2. The molecule has 0 saturated carbocycles. The van der Waals surface area contributed by atoms with Crippen LogP contribution in [0, 0.1) is 4.77 Å². The Morgan fingerprint density at radius 1 is 1.00 bits per heavy atom. The molecule has 4 rings (SSSR count). The Morgan fingerprint density at radius 2 is 1.71 bits per heavy atom. The predicted octanol–water partition coefficient (Wildman–Crippen LogP) is 5.97. The second-order valence-electron chi connectivity index (χ2n) is 5.86. The quantitative estimate of drug-likeness (QED) is 0.381. The zero-order valence-corrected chi connectivity index (χ0v) is 16.9. The van der Waals surface area contributed by atoms with Crippen LogP contribution in [-0.2, 0) is 0 Å². The molecule has 0 atom stereocenters. The van der Waals surface area contributed by atoms with Crippen LogP contribution in [0.2, 0.25) is 15.1 Å². The molecule has 2 aromatic carbocycles. The number of carbonyl (C=O) groups excluding carboxylic acids is 1. The Bertz CT molecular complexity index is 1350. The lowest BCUT2D eigenvalue weighted by molar-refractivity contribution is 0.0927. The summed E-state index contributed by atoms with van der Waals surface area (Å²) >= 11 is 23.2. The van der Waals surface area contributed by atoms with Gasteiger partial charge >= 0.3 is 5.91 Å². The summed E-state index contributed by atoms with van der Waals surface area (Å²) in [6, 6.07) is 12.9. The summed E-state index contributed by atoms with van der Waals surface area (Å²) in [5, 5.41) is 1.22. The molecular weight excluding hydrogens is 443 g/mol. The molecule has 5 nitrogen and oxygen atoms in total. The number of fused-ring (bicyclic) bond motifs is 1. The van der Waals surface area contributed by atoms with Gasteiger partial charge < -0.3 is 9.40 Å². The van der Waals surface area contributed by atoms with Crippen molar-refractivity contribution in [1.29, 1.82) is 0 Å². The van der Waals surface area contributed by atoms with E-state index in [1.165, 1.54) is 18.2 Å². The molecule has 0 amide bonds. The molecule has 9 heteroatoms. The van der Waals surface area contributed by atoms with Gasteiger partial charge in [-0.2, -0.15) is 0 Å². The first-order chi connectivity index (χ1) is 13.3. The van der Waals surface area contributed by atoms with Gasteiger partial charge in [-0.15, -0.1) is 0 Å². The molecule has 2 heterocycles. The maximum absolute atomic E-state index is 12.9. The van der Waals surface area contributed by atoms with Crippen molar-refractivity contribution in [2.75, 3.05) is 0 Å². The molecule has 0 radical (unpaired) electrons. The maximum Gasteiger partial charge on any atom is 0.302 e. The third kappa shape index (κ3) is 3.29. The van der Waals surface area contributed by atoms with Crippen LogP contribution in [0.15, 0.2) is 57.7 Å². The Hall–Kier alpha value is -2.38. The molecule has 140 valence electrons. The monoisotopic (exact) mass is 450 g/mol. The number of benzene rings is 2. The fraction of sp³-hybridized carbons (Fsp3) is 0. The van der Waals surface area contributed by atoms with Crippen molar-refractivity contribution >= 4 is 63.8 Å². The highest BCUT2D eigenvalue weighted by atomic mass is 35.5. The average molecular weight is 452 g/mol. The van der Waals surface area contributed by atoms with E-state index in [0.717, 1.165) is 10.1 Å². The molecule has 0 bridgehead atoms. The number of rotatable bonds is 2. The van der Waals surface area contributed by atoms with Gasteiger partial charge in [-0.25, -0.2) is 4.57 Å². The van der Waals surface area contributed by atoms with Gasteiger partial charge in [0.05, 0.1) is 15.9 Å². The number of aromatic amines is 1. The molecule has 0 saturated heterocycles. The van der Waals surface area contributed by atoms with E-state index in [1.54, 1.807) is 30.3 Å². The first-order valence-corrected chi connectivity index (χ1v) is 9.44. The first kappa shape index (κ1) is 19.0. The third-order valence-electron chi connectivity index (χ3n) is 4.07. The van der Waals surface area contributed by atoms with Crippen LogP contribution < -0.4 is 5.56 Å².